The van der Waals surface area contributed by atoms with Gasteiger partial charge in [0.25, 0.3) is 0 Å². The molecule has 1 atom stereocenters. The summed E-state index contributed by atoms with van der Waals surface area (Å²) >= 11 is 0. The number of benzene rings is 2. The first-order valence-electron chi connectivity index (χ1n) is 9.67. The number of halogens is 1. The lowest BCUT2D eigenvalue weighted by Crippen LogP contribution is -2.20. The molecule has 3 aromatic rings. The SMILES string of the molecule is COC(=O)c1ccc(-c2nc(CN3CC[C@H](c4ccccc4F)C3)c(C)o2)cc1. The molecule has 0 N–H and O–H groups in total. The molecule has 0 spiro atoms. The van der Waals surface area contributed by atoms with Gasteiger partial charge in [-0.2, -0.15) is 0 Å². The molecule has 4 rings (SSSR count). The molecule has 0 amide bonds. The number of aryl methyl sites for hydroxylation is 1. The molecule has 1 fully saturated rings. The fourth-order valence-electron chi connectivity index (χ4n) is 3.81. The maximum absolute atomic E-state index is 14.1. The van der Waals surface area contributed by atoms with E-state index in [2.05, 4.69) is 9.88 Å². The van der Waals surface area contributed by atoms with Crippen LogP contribution in [0.1, 0.15) is 39.7 Å². The highest BCUT2D eigenvalue weighted by Gasteiger charge is 2.27. The van der Waals surface area contributed by atoms with Crippen LogP contribution < -0.4 is 0 Å². The normalized spacial score (nSPS) is 16.9. The van der Waals surface area contributed by atoms with E-state index in [0.29, 0.717) is 18.0 Å². The summed E-state index contributed by atoms with van der Waals surface area (Å²) in [5.74, 6) is 0.993. The number of ether oxygens (including phenoxy) is 1. The van der Waals surface area contributed by atoms with Gasteiger partial charge in [-0.15, -0.1) is 0 Å². The van der Waals surface area contributed by atoms with Crippen molar-refractivity contribution in [3.05, 3.63) is 76.9 Å². The van der Waals surface area contributed by atoms with Crippen LogP contribution in [-0.4, -0.2) is 36.1 Å². The van der Waals surface area contributed by atoms with Crippen LogP contribution in [0.25, 0.3) is 11.5 Å². The van der Waals surface area contributed by atoms with Crippen LogP contribution in [0.15, 0.2) is 52.9 Å². The molecule has 6 heteroatoms. The highest BCUT2D eigenvalue weighted by molar-refractivity contribution is 5.89. The lowest BCUT2D eigenvalue weighted by Gasteiger charge is -2.15. The van der Waals surface area contributed by atoms with Gasteiger partial charge >= 0.3 is 5.97 Å². The van der Waals surface area contributed by atoms with E-state index in [1.807, 2.05) is 19.1 Å². The number of nitrogens with zero attached hydrogens (tertiary/aromatic N) is 2. The van der Waals surface area contributed by atoms with Crippen LogP contribution >= 0.6 is 0 Å². The fourth-order valence-corrected chi connectivity index (χ4v) is 3.81. The highest BCUT2D eigenvalue weighted by atomic mass is 19.1. The van der Waals surface area contributed by atoms with Crippen molar-refractivity contribution < 1.29 is 18.3 Å². The summed E-state index contributed by atoms with van der Waals surface area (Å²) in [4.78, 5) is 18.5. The second-order valence-electron chi connectivity index (χ2n) is 7.33. The quantitative estimate of drug-likeness (QED) is 0.594. The maximum Gasteiger partial charge on any atom is 0.337 e. The summed E-state index contributed by atoms with van der Waals surface area (Å²) < 4.78 is 24.7. The summed E-state index contributed by atoms with van der Waals surface area (Å²) in [6.45, 7) is 4.27. The zero-order chi connectivity index (χ0) is 20.4. The number of hydrogen-bond donors (Lipinski definition) is 0. The molecule has 0 aliphatic carbocycles. The Labute approximate surface area is 169 Å². The van der Waals surface area contributed by atoms with Gasteiger partial charge in [0, 0.05) is 24.6 Å². The predicted molar refractivity (Wildman–Crippen MR) is 107 cm³/mol. The molecule has 0 saturated carbocycles. The van der Waals surface area contributed by atoms with Gasteiger partial charge in [-0.3, -0.25) is 4.90 Å². The molecule has 2 aromatic carbocycles. The van der Waals surface area contributed by atoms with Crippen LogP contribution in [0.2, 0.25) is 0 Å². The second-order valence-corrected chi connectivity index (χ2v) is 7.33. The van der Waals surface area contributed by atoms with Crippen molar-refractivity contribution in [3.8, 4) is 11.5 Å². The number of aromatic nitrogens is 1. The van der Waals surface area contributed by atoms with Gasteiger partial charge < -0.3 is 9.15 Å². The largest absolute Gasteiger partial charge is 0.465 e. The Bertz CT molecular complexity index is 1010. The van der Waals surface area contributed by atoms with E-state index < -0.39 is 0 Å². The van der Waals surface area contributed by atoms with Crippen LogP contribution in [0, 0.1) is 12.7 Å². The number of carbonyl (C=O) groups excluding carboxylic acids is 1. The van der Waals surface area contributed by atoms with Crippen molar-refractivity contribution in [1.82, 2.24) is 9.88 Å². The number of esters is 1. The van der Waals surface area contributed by atoms with Crippen LogP contribution in [0.3, 0.4) is 0 Å². The lowest BCUT2D eigenvalue weighted by atomic mass is 9.98. The Balaban J connectivity index is 1.45. The molecular weight excluding hydrogens is 371 g/mol. The van der Waals surface area contributed by atoms with Gasteiger partial charge in [-0.1, -0.05) is 18.2 Å². The molecule has 1 aliphatic rings. The second kappa shape index (κ2) is 8.17. The Kier molecular flexibility index (Phi) is 5.45. The lowest BCUT2D eigenvalue weighted by molar-refractivity contribution is 0.0600. The molecule has 0 bridgehead atoms. The van der Waals surface area contributed by atoms with Crippen LogP contribution in [0.5, 0.6) is 0 Å². The smallest absolute Gasteiger partial charge is 0.337 e. The molecule has 5 nitrogen and oxygen atoms in total. The zero-order valence-electron chi connectivity index (χ0n) is 16.5. The molecular formula is C23H23FN2O3. The molecule has 0 unspecified atom stereocenters. The third-order valence-electron chi connectivity index (χ3n) is 5.44. The highest BCUT2D eigenvalue weighted by Crippen LogP contribution is 2.31. The average Bonchev–Trinajstić information content (AvgIpc) is 3.35. The number of likely N-dealkylation sites (tertiary alicyclic amines) is 1. The van der Waals surface area contributed by atoms with Crippen LogP contribution in [0.4, 0.5) is 4.39 Å². The first kappa shape index (κ1) is 19.3. The number of oxazole rings is 1. The molecule has 0 radical (unpaired) electrons. The molecule has 29 heavy (non-hydrogen) atoms. The first-order chi connectivity index (χ1) is 14.0. The fraction of sp³-hybridized carbons (Fsp3) is 0.304. The Morgan fingerprint density at radius 2 is 2.00 bits per heavy atom. The minimum absolute atomic E-state index is 0.130. The van der Waals surface area contributed by atoms with E-state index in [4.69, 9.17) is 9.15 Å². The van der Waals surface area contributed by atoms with Crippen molar-refractivity contribution in [2.24, 2.45) is 0 Å². The maximum atomic E-state index is 14.1. The van der Waals surface area contributed by atoms with E-state index in [1.54, 1.807) is 30.3 Å². The van der Waals surface area contributed by atoms with E-state index in [-0.39, 0.29) is 17.7 Å². The summed E-state index contributed by atoms with van der Waals surface area (Å²) in [5.41, 5.74) is 2.96. The van der Waals surface area contributed by atoms with Gasteiger partial charge in [0.2, 0.25) is 5.89 Å². The predicted octanol–water partition coefficient (Wildman–Crippen LogP) is 4.57. The minimum atomic E-state index is -0.376. The van der Waals surface area contributed by atoms with Crippen LogP contribution in [-0.2, 0) is 11.3 Å². The standard InChI is InChI=1S/C23H23FN2O3/c1-15-21(14-26-12-11-18(13-26)19-5-3-4-6-20(19)24)25-22(29-15)16-7-9-17(10-8-16)23(27)28-2/h3-10,18H,11-14H2,1-2H3/t18-/m0/s1. The van der Waals surface area contributed by atoms with E-state index in [9.17, 15) is 9.18 Å². The Morgan fingerprint density at radius 3 is 2.72 bits per heavy atom. The molecule has 1 aromatic heterocycles. The Hall–Kier alpha value is -2.99. The minimum Gasteiger partial charge on any atom is -0.465 e. The number of methoxy groups -OCH3 is 1. The van der Waals surface area contributed by atoms with Crippen molar-refractivity contribution in [2.75, 3.05) is 20.2 Å². The third-order valence-corrected chi connectivity index (χ3v) is 5.44. The summed E-state index contributed by atoms with van der Waals surface area (Å²) in [6, 6.07) is 14.0. The summed E-state index contributed by atoms with van der Waals surface area (Å²) in [6.07, 6.45) is 0.930. The molecule has 1 saturated heterocycles. The first-order valence-corrected chi connectivity index (χ1v) is 9.67. The monoisotopic (exact) mass is 394 g/mol. The number of carbonyl (C=O) groups is 1. The van der Waals surface area contributed by atoms with E-state index >= 15 is 0 Å². The van der Waals surface area contributed by atoms with Gasteiger partial charge in [0.1, 0.15) is 11.6 Å². The van der Waals surface area contributed by atoms with Crippen molar-refractivity contribution in [1.29, 1.82) is 0 Å². The molecule has 1 aliphatic heterocycles. The van der Waals surface area contributed by atoms with Gasteiger partial charge in [0.05, 0.1) is 18.4 Å². The third kappa shape index (κ3) is 4.07. The van der Waals surface area contributed by atoms with Gasteiger partial charge in [-0.25, -0.2) is 14.2 Å². The van der Waals surface area contributed by atoms with Crippen molar-refractivity contribution in [3.63, 3.8) is 0 Å². The molecule has 150 valence electrons. The van der Waals surface area contributed by atoms with Gasteiger partial charge in [0.15, 0.2) is 0 Å². The van der Waals surface area contributed by atoms with Gasteiger partial charge in [-0.05, 0) is 55.8 Å². The van der Waals surface area contributed by atoms with Crippen molar-refractivity contribution in [2.45, 2.75) is 25.8 Å². The average molecular weight is 394 g/mol. The summed E-state index contributed by atoms with van der Waals surface area (Å²) in [5, 5.41) is 0. The Morgan fingerprint density at radius 1 is 1.24 bits per heavy atom. The summed E-state index contributed by atoms with van der Waals surface area (Å²) in [7, 11) is 1.36. The molecule has 2 heterocycles. The topological polar surface area (TPSA) is 55.6 Å². The van der Waals surface area contributed by atoms with Crippen molar-refractivity contribution >= 4 is 5.97 Å². The van der Waals surface area contributed by atoms with E-state index in [0.717, 1.165) is 42.1 Å². The number of rotatable bonds is 5. The zero-order valence-corrected chi connectivity index (χ0v) is 16.5. The number of hydrogen-bond acceptors (Lipinski definition) is 5. The van der Waals surface area contributed by atoms with E-state index in [1.165, 1.54) is 13.2 Å².